The van der Waals surface area contributed by atoms with Crippen LogP contribution in [-0.4, -0.2) is 45.5 Å². The van der Waals surface area contributed by atoms with Gasteiger partial charge >= 0.3 is 0 Å². The van der Waals surface area contributed by atoms with Crippen molar-refractivity contribution in [1.82, 2.24) is 10.6 Å². The van der Waals surface area contributed by atoms with E-state index in [-0.39, 0.29) is 24.0 Å². The number of amides is 1. The van der Waals surface area contributed by atoms with Crippen LogP contribution in [0, 0.1) is 5.92 Å². The third kappa shape index (κ3) is 10.3. The van der Waals surface area contributed by atoms with Crippen molar-refractivity contribution in [2.75, 3.05) is 31.1 Å². The summed E-state index contributed by atoms with van der Waals surface area (Å²) in [5.74, 6) is 0.718. The minimum Gasteiger partial charge on any atom is -0.355 e. The van der Waals surface area contributed by atoms with Gasteiger partial charge in [-0.05, 0) is 12.3 Å². The number of rotatable bonds is 9. The highest BCUT2D eigenvalue weighted by Crippen LogP contribution is 1.95. The molecule has 102 valence electrons. The Labute approximate surface area is 104 Å². The second-order valence-electron chi connectivity index (χ2n) is 4.45. The number of hydrogen-bond acceptors (Lipinski definition) is 4. The Morgan fingerprint density at radius 2 is 1.88 bits per heavy atom. The monoisotopic (exact) mass is 264 g/mol. The van der Waals surface area contributed by atoms with Gasteiger partial charge in [0, 0.05) is 18.8 Å². The number of carbonyl (C=O) groups is 1. The second-order valence-corrected chi connectivity index (χ2v) is 6.92. The van der Waals surface area contributed by atoms with E-state index in [0.29, 0.717) is 19.0 Å². The van der Waals surface area contributed by atoms with Crippen molar-refractivity contribution in [1.29, 1.82) is 0 Å². The average molecular weight is 264 g/mol. The van der Waals surface area contributed by atoms with Gasteiger partial charge in [-0.15, -0.1) is 0 Å². The second kappa shape index (κ2) is 8.47. The van der Waals surface area contributed by atoms with E-state index in [1.165, 1.54) is 0 Å². The molecule has 0 aromatic carbocycles. The van der Waals surface area contributed by atoms with E-state index < -0.39 is 9.84 Å². The lowest BCUT2D eigenvalue weighted by Gasteiger charge is -2.08. The van der Waals surface area contributed by atoms with Gasteiger partial charge in [0.1, 0.15) is 0 Å². The highest BCUT2D eigenvalue weighted by atomic mass is 32.2. The van der Waals surface area contributed by atoms with Crippen molar-refractivity contribution < 1.29 is 13.2 Å². The molecule has 2 N–H and O–H groups in total. The van der Waals surface area contributed by atoms with Crippen LogP contribution in [-0.2, 0) is 14.6 Å². The van der Waals surface area contributed by atoms with Crippen LogP contribution in [0.2, 0.25) is 0 Å². The van der Waals surface area contributed by atoms with E-state index in [9.17, 15) is 13.2 Å². The molecule has 0 aromatic heterocycles. The Balaban J connectivity index is 3.52. The summed E-state index contributed by atoms with van der Waals surface area (Å²) in [5.41, 5.74) is 0. The third-order valence-electron chi connectivity index (χ3n) is 2.36. The van der Waals surface area contributed by atoms with Gasteiger partial charge in [0.25, 0.3) is 0 Å². The Bertz CT molecular complexity index is 313. The molecule has 0 saturated heterocycles. The van der Waals surface area contributed by atoms with Crippen molar-refractivity contribution in [3.63, 3.8) is 0 Å². The lowest BCUT2D eigenvalue weighted by Crippen LogP contribution is -2.36. The fraction of sp³-hybridized carbons (Fsp3) is 0.909. The molecule has 0 saturated carbocycles. The van der Waals surface area contributed by atoms with E-state index in [4.69, 9.17) is 0 Å². The standard InChI is InChI=1S/C11H24N2O3S/c1-4-17(15,16)8-7-12-9-11(14)13-6-5-10(2)3/h10,12H,4-9H2,1-3H3,(H,13,14). The van der Waals surface area contributed by atoms with Gasteiger partial charge < -0.3 is 10.6 Å². The first-order valence-electron chi connectivity index (χ1n) is 6.05. The van der Waals surface area contributed by atoms with Gasteiger partial charge in [-0.3, -0.25) is 4.79 Å². The van der Waals surface area contributed by atoms with Crippen molar-refractivity contribution in [3.05, 3.63) is 0 Å². The minimum atomic E-state index is -2.94. The zero-order chi connectivity index (χ0) is 13.3. The molecule has 0 aliphatic carbocycles. The van der Waals surface area contributed by atoms with Crippen LogP contribution in [0.3, 0.4) is 0 Å². The molecule has 0 aliphatic heterocycles. The van der Waals surface area contributed by atoms with Gasteiger partial charge in [-0.25, -0.2) is 8.42 Å². The summed E-state index contributed by atoms with van der Waals surface area (Å²) >= 11 is 0. The predicted molar refractivity (Wildman–Crippen MR) is 69.7 cm³/mol. The number of carbonyl (C=O) groups excluding carboxylic acids is 1. The lowest BCUT2D eigenvalue weighted by atomic mass is 10.1. The first-order chi connectivity index (χ1) is 7.87. The normalized spacial score (nSPS) is 11.8. The summed E-state index contributed by atoms with van der Waals surface area (Å²) in [6.45, 7) is 6.99. The average Bonchev–Trinajstić information content (AvgIpc) is 2.24. The maximum Gasteiger partial charge on any atom is 0.233 e. The number of sulfone groups is 1. The molecule has 0 heterocycles. The summed E-state index contributed by atoms with van der Waals surface area (Å²) in [7, 11) is -2.94. The SMILES string of the molecule is CCS(=O)(=O)CCNCC(=O)NCCC(C)C. The first kappa shape index (κ1) is 16.4. The third-order valence-corrected chi connectivity index (χ3v) is 4.06. The van der Waals surface area contributed by atoms with Crippen LogP contribution >= 0.6 is 0 Å². The van der Waals surface area contributed by atoms with Gasteiger partial charge in [-0.2, -0.15) is 0 Å². The van der Waals surface area contributed by atoms with Gasteiger partial charge in [0.05, 0.1) is 12.3 Å². The minimum absolute atomic E-state index is 0.0838. The highest BCUT2D eigenvalue weighted by Gasteiger charge is 2.07. The summed E-state index contributed by atoms with van der Waals surface area (Å²) < 4.78 is 22.3. The Morgan fingerprint density at radius 1 is 1.24 bits per heavy atom. The molecule has 0 unspecified atom stereocenters. The topological polar surface area (TPSA) is 75.3 Å². The van der Waals surface area contributed by atoms with Crippen molar-refractivity contribution in [2.24, 2.45) is 5.92 Å². The van der Waals surface area contributed by atoms with Crippen LogP contribution in [0.4, 0.5) is 0 Å². The molecule has 0 aliphatic rings. The van der Waals surface area contributed by atoms with Crippen molar-refractivity contribution >= 4 is 15.7 Å². The summed E-state index contributed by atoms with van der Waals surface area (Å²) in [6, 6.07) is 0. The van der Waals surface area contributed by atoms with Crippen molar-refractivity contribution in [3.8, 4) is 0 Å². The van der Waals surface area contributed by atoms with Gasteiger partial charge in [0.2, 0.25) is 5.91 Å². The van der Waals surface area contributed by atoms with Crippen LogP contribution in [0.15, 0.2) is 0 Å². The largest absolute Gasteiger partial charge is 0.355 e. The molecule has 0 aromatic rings. The predicted octanol–water partition coefficient (Wildman–Crippen LogP) is 0.173. The van der Waals surface area contributed by atoms with E-state index in [1.54, 1.807) is 6.92 Å². The first-order valence-corrected chi connectivity index (χ1v) is 7.87. The maximum atomic E-state index is 11.3. The molecule has 1 amide bonds. The zero-order valence-electron chi connectivity index (χ0n) is 11.0. The molecule has 0 bridgehead atoms. The Kier molecular flexibility index (Phi) is 8.16. The Hall–Kier alpha value is -0.620. The number of hydrogen-bond donors (Lipinski definition) is 2. The van der Waals surface area contributed by atoms with Crippen LogP contribution in [0.5, 0.6) is 0 Å². The molecule has 0 rings (SSSR count). The van der Waals surface area contributed by atoms with Gasteiger partial charge in [-0.1, -0.05) is 20.8 Å². The molecule has 0 radical (unpaired) electrons. The highest BCUT2D eigenvalue weighted by molar-refractivity contribution is 7.91. The quantitative estimate of drug-likeness (QED) is 0.582. The van der Waals surface area contributed by atoms with E-state index in [1.807, 2.05) is 0 Å². The fourth-order valence-electron chi connectivity index (χ4n) is 1.14. The van der Waals surface area contributed by atoms with Crippen LogP contribution < -0.4 is 10.6 Å². The van der Waals surface area contributed by atoms with E-state index >= 15 is 0 Å². The van der Waals surface area contributed by atoms with Crippen LogP contribution in [0.1, 0.15) is 27.2 Å². The summed E-state index contributed by atoms with van der Waals surface area (Å²) in [6.07, 6.45) is 0.954. The molecule has 6 heteroatoms. The zero-order valence-corrected chi connectivity index (χ0v) is 11.8. The summed E-state index contributed by atoms with van der Waals surface area (Å²) in [4.78, 5) is 11.3. The molecule has 0 spiro atoms. The lowest BCUT2D eigenvalue weighted by molar-refractivity contribution is -0.120. The van der Waals surface area contributed by atoms with E-state index in [0.717, 1.165) is 6.42 Å². The Morgan fingerprint density at radius 3 is 2.41 bits per heavy atom. The smallest absolute Gasteiger partial charge is 0.233 e. The number of nitrogens with one attached hydrogen (secondary N) is 2. The summed E-state index contributed by atoms with van der Waals surface area (Å²) in [5, 5.41) is 5.60. The molecule has 17 heavy (non-hydrogen) atoms. The van der Waals surface area contributed by atoms with Crippen LogP contribution in [0.25, 0.3) is 0 Å². The fourth-order valence-corrected chi connectivity index (χ4v) is 1.88. The van der Waals surface area contributed by atoms with Crippen molar-refractivity contribution in [2.45, 2.75) is 27.2 Å². The van der Waals surface area contributed by atoms with E-state index in [2.05, 4.69) is 24.5 Å². The molecular weight excluding hydrogens is 240 g/mol. The maximum absolute atomic E-state index is 11.3. The molecule has 5 nitrogen and oxygen atoms in total. The molecular formula is C11H24N2O3S. The van der Waals surface area contributed by atoms with Gasteiger partial charge in [0.15, 0.2) is 9.84 Å². The molecule has 0 fully saturated rings. The molecule has 0 atom stereocenters.